The highest BCUT2D eigenvalue weighted by molar-refractivity contribution is 5.76. The summed E-state index contributed by atoms with van der Waals surface area (Å²) in [6.45, 7) is 4.01. The zero-order valence-corrected chi connectivity index (χ0v) is 14.2. The Labute approximate surface area is 139 Å². The number of hydrogen-bond acceptors (Lipinski definition) is 3. The van der Waals surface area contributed by atoms with Gasteiger partial charge in [-0.15, -0.1) is 0 Å². The van der Waals surface area contributed by atoms with Crippen molar-refractivity contribution in [2.75, 3.05) is 19.7 Å². The number of aliphatic hydroxyl groups is 1. The molecule has 4 heteroatoms. The van der Waals surface area contributed by atoms with Gasteiger partial charge < -0.3 is 15.3 Å². The number of benzene rings is 1. The lowest BCUT2D eigenvalue weighted by atomic mass is 10.0. The number of hydrogen-bond donors (Lipinski definition) is 2. The normalized spacial score (nSPS) is 18.3. The molecule has 1 unspecified atom stereocenters. The van der Waals surface area contributed by atoms with Crippen molar-refractivity contribution in [3.8, 4) is 0 Å². The van der Waals surface area contributed by atoms with Crippen LogP contribution in [0.2, 0.25) is 0 Å². The Morgan fingerprint density at radius 3 is 2.43 bits per heavy atom. The lowest BCUT2D eigenvalue weighted by molar-refractivity contribution is -0.131. The Morgan fingerprint density at radius 2 is 1.83 bits per heavy atom. The molecule has 0 saturated carbocycles. The van der Waals surface area contributed by atoms with Crippen LogP contribution in [0.1, 0.15) is 57.1 Å². The second kappa shape index (κ2) is 9.68. The van der Waals surface area contributed by atoms with Gasteiger partial charge in [0.25, 0.3) is 0 Å². The van der Waals surface area contributed by atoms with E-state index >= 15 is 0 Å². The zero-order valence-electron chi connectivity index (χ0n) is 14.2. The first-order valence-electron chi connectivity index (χ1n) is 8.90. The largest absolute Gasteiger partial charge is 0.396 e. The lowest BCUT2D eigenvalue weighted by Gasteiger charge is -2.26. The van der Waals surface area contributed by atoms with Crippen molar-refractivity contribution >= 4 is 5.91 Å². The SMILES string of the molecule is CC(CC(=O)N1CCCCCC1)N[C@H](CCO)c1ccccc1. The highest BCUT2D eigenvalue weighted by atomic mass is 16.3. The van der Waals surface area contributed by atoms with Crippen LogP contribution in [0.25, 0.3) is 0 Å². The van der Waals surface area contributed by atoms with E-state index in [1.165, 1.54) is 12.8 Å². The number of carbonyl (C=O) groups excluding carboxylic acids is 1. The number of aliphatic hydroxyl groups excluding tert-OH is 1. The molecule has 1 saturated heterocycles. The molecule has 128 valence electrons. The number of nitrogens with zero attached hydrogens (tertiary/aromatic N) is 1. The Balaban J connectivity index is 1.88. The van der Waals surface area contributed by atoms with Gasteiger partial charge in [0.2, 0.25) is 5.91 Å². The molecule has 0 aromatic heterocycles. The number of rotatable bonds is 7. The minimum absolute atomic E-state index is 0.0909. The van der Waals surface area contributed by atoms with Gasteiger partial charge in [-0.3, -0.25) is 4.79 Å². The van der Waals surface area contributed by atoms with E-state index in [1.807, 2.05) is 23.1 Å². The van der Waals surface area contributed by atoms with Crippen LogP contribution in [0.3, 0.4) is 0 Å². The number of amides is 1. The van der Waals surface area contributed by atoms with Crippen LogP contribution in [-0.4, -0.2) is 41.7 Å². The average Bonchev–Trinajstić information content (AvgIpc) is 2.84. The van der Waals surface area contributed by atoms with Gasteiger partial charge in [0.1, 0.15) is 0 Å². The smallest absolute Gasteiger partial charge is 0.224 e. The molecule has 23 heavy (non-hydrogen) atoms. The first-order chi connectivity index (χ1) is 11.2. The molecule has 0 bridgehead atoms. The topological polar surface area (TPSA) is 52.6 Å². The van der Waals surface area contributed by atoms with E-state index in [1.54, 1.807) is 0 Å². The maximum atomic E-state index is 12.5. The van der Waals surface area contributed by atoms with Gasteiger partial charge in [-0.05, 0) is 31.7 Å². The third kappa shape index (κ3) is 5.96. The molecule has 1 amide bonds. The fraction of sp³-hybridized carbons (Fsp3) is 0.632. The molecule has 0 spiro atoms. The van der Waals surface area contributed by atoms with Gasteiger partial charge in [-0.1, -0.05) is 43.2 Å². The molecule has 1 aromatic carbocycles. The van der Waals surface area contributed by atoms with E-state index in [2.05, 4.69) is 24.4 Å². The van der Waals surface area contributed by atoms with Crippen LogP contribution in [0.5, 0.6) is 0 Å². The second-order valence-electron chi connectivity index (χ2n) is 6.54. The maximum Gasteiger partial charge on any atom is 0.224 e. The van der Waals surface area contributed by atoms with E-state index in [0.29, 0.717) is 12.8 Å². The van der Waals surface area contributed by atoms with Crippen molar-refractivity contribution < 1.29 is 9.90 Å². The van der Waals surface area contributed by atoms with Gasteiger partial charge >= 0.3 is 0 Å². The third-order valence-corrected chi connectivity index (χ3v) is 4.54. The molecule has 0 radical (unpaired) electrons. The summed E-state index contributed by atoms with van der Waals surface area (Å²) >= 11 is 0. The summed E-state index contributed by atoms with van der Waals surface area (Å²) in [7, 11) is 0. The van der Waals surface area contributed by atoms with E-state index in [9.17, 15) is 9.90 Å². The summed E-state index contributed by atoms with van der Waals surface area (Å²) < 4.78 is 0. The van der Waals surface area contributed by atoms with E-state index in [-0.39, 0.29) is 24.6 Å². The summed E-state index contributed by atoms with van der Waals surface area (Å²) in [4.78, 5) is 14.5. The maximum absolute atomic E-state index is 12.5. The quantitative estimate of drug-likeness (QED) is 0.813. The van der Waals surface area contributed by atoms with Crippen molar-refractivity contribution in [3.63, 3.8) is 0 Å². The molecule has 1 aliphatic rings. The van der Waals surface area contributed by atoms with Gasteiger partial charge in [0, 0.05) is 38.2 Å². The summed E-state index contributed by atoms with van der Waals surface area (Å²) in [6.07, 6.45) is 5.92. The molecule has 0 aliphatic carbocycles. The molecule has 1 aliphatic heterocycles. The minimum Gasteiger partial charge on any atom is -0.396 e. The Bertz CT molecular complexity index is 456. The highest BCUT2D eigenvalue weighted by Gasteiger charge is 2.20. The van der Waals surface area contributed by atoms with Crippen molar-refractivity contribution in [3.05, 3.63) is 35.9 Å². The van der Waals surface area contributed by atoms with Crippen LogP contribution >= 0.6 is 0 Å². The van der Waals surface area contributed by atoms with Gasteiger partial charge in [-0.25, -0.2) is 0 Å². The molecular formula is C19H30N2O2. The predicted octanol–water partition coefficient (Wildman–Crippen LogP) is 2.88. The number of likely N-dealkylation sites (tertiary alicyclic amines) is 1. The molecule has 2 rings (SSSR count). The van der Waals surface area contributed by atoms with Gasteiger partial charge in [0.15, 0.2) is 0 Å². The van der Waals surface area contributed by atoms with Crippen molar-refractivity contribution in [2.45, 2.75) is 57.5 Å². The number of carbonyl (C=O) groups is 1. The fourth-order valence-electron chi connectivity index (χ4n) is 3.27. The van der Waals surface area contributed by atoms with Crippen LogP contribution in [-0.2, 0) is 4.79 Å². The summed E-state index contributed by atoms with van der Waals surface area (Å²) in [5.74, 6) is 0.253. The standard InChI is InChI=1S/C19H30N2O2/c1-16(15-19(23)21-12-7-2-3-8-13-21)20-18(11-14-22)17-9-5-4-6-10-17/h4-6,9-10,16,18,20,22H,2-3,7-8,11-15H2,1H3/t16?,18-/m1/s1. The van der Waals surface area contributed by atoms with Crippen LogP contribution in [0, 0.1) is 0 Å². The third-order valence-electron chi connectivity index (χ3n) is 4.54. The van der Waals surface area contributed by atoms with Crippen molar-refractivity contribution in [1.82, 2.24) is 10.2 Å². The molecule has 2 N–H and O–H groups in total. The van der Waals surface area contributed by atoms with E-state index in [4.69, 9.17) is 0 Å². The van der Waals surface area contributed by atoms with Crippen LogP contribution in [0.15, 0.2) is 30.3 Å². The van der Waals surface area contributed by atoms with Gasteiger partial charge in [0.05, 0.1) is 0 Å². The van der Waals surface area contributed by atoms with E-state index in [0.717, 1.165) is 31.5 Å². The minimum atomic E-state index is 0.0909. The zero-order chi connectivity index (χ0) is 16.5. The summed E-state index contributed by atoms with van der Waals surface area (Å²) in [5, 5.41) is 12.8. The Kier molecular flexibility index (Phi) is 7.56. The average molecular weight is 318 g/mol. The summed E-state index contributed by atoms with van der Waals surface area (Å²) in [5.41, 5.74) is 1.16. The number of nitrogens with one attached hydrogen (secondary N) is 1. The van der Waals surface area contributed by atoms with Gasteiger partial charge in [-0.2, -0.15) is 0 Å². The molecule has 1 fully saturated rings. The first kappa shape index (κ1) is 18.0. The van der Waals surface area contributed by atoms with E-state index < -0.39 is 0 Å². The predicted molar refractivity (Wildman–Crippen MR) is 93.1 cm³/mol. The molecule has 4 nitrogen and oxygen atoms in total. The van der Waals surface area contributed by atoms with Crippen LogP contribution in [0.4, 0.5) is 0 Å². The fourth-order valence-corrected chi connectivity index (χ4v) is 3.27. The first-order valence-corrected chi connectivity index (χ1v) is 8.90. The summed E-state index contributed by atoms with van der Waals surface area (Å²) in [6, 6.07) is 10.3. The highest BCUT2D eigenvalue weighted by Crippen LogP contribution is 2.18. The molecule has 1 aromatic rings. The Morgan fingerprint density at radius 1 is 1.17 bits per heavy atom. The molecule has 2 atom stereocenters. The monoisotopic (exact) mass is 318 g/mol. The van der Waals surface area contributed by atoms with Crippen molar-refractivity contribution in [2.24, 2.45) is 0 Å². The van der Waals surface area contributed by atoms with Crippen molar-refractivity contribution in [1.29, 1.82) is 0 Å². The second-order valence-corrected chi connectivity index (χ2v) is 6.54. The Hall–Kier alpha value is -1.39. The molecular weight excluding hydrogens is 288 g/mol. The molecule has 1 heterocycles. The van der Waals surface area contributed by atoms with Crippen LogP contribution < -0.4 is 5.32 Å². The lowest BCUT2D eigenvalue weighted by Crippen LogP contribution is -2.39.